The molecule has 0 saturated carbocycles. The van der Waals surface area contributed by atoms with Gasteiger partial charge in [0.05, 0.1) is 6.61 Å². The Kier molecular flexibility index (Phi) is 6.93. The third kappa shape index (κ3) is 5.16. The van der Waals surface area contributed by atoms with Crippen molar-refractivity contribution in [1.29, 1.82) is 0 Å². The summed E-state index contributed by atoms with van der Waals surface area (Å²) < 4.78 is 5.83. The average molecular weight is 315 g/mol. The average Bonchev–Trinajstić information content (AvgIpc) is 2.36. The van der Waals surface area contributed by atoms with Gasteiger partial charge < -0.3 is 15.4 Å². The van der Waals surface area contributed by atoms with Crippen molar-refractivity contribution < 1.29 is 9.53 Å². The van der Waals surface area contributed by atoms with Crippen molar-refractivity contribution in [2.45, 2.75) is 6.92 Å². The molecular weight excluding hydrogens is 296 g/mol. The minimum absolute atomic E-state index is 0.0395. The summed E-state index contributed by atoms with van der Waals surface area (Å²) in [6, 6.07) is 5.69. The third-order valence-corrected chi connectivity index (χ3v) is 3.01. The van der Waals surface area contributed by atoms with Crippen molar-refractivity contribution in [2.24, 2.45) is 0 Å². The van der Waals surface area contributed by atoms with Gasteiger partial charge in [-0.05, 0) is 24.6 Å². The summed E-state index contributed by atoms with van der Waals surface area (Å²) in [7, 11) is 1.67. The molecule has 0 aliphatic carbocycles. The van der Waals surface area contributed by atoms with Gasteiger partial charge in [-0.25, -0.2) is 0 Å². The molecule has 0 spiro atoms. The zero-order valence-electron chi connectivity index (χ0n) is 10.8. The van der Waals surface area contributed by atoms with E-state index in [1.54, 1.807) is 7.11 Å². The molecule has 0 unspecified atom stereocenters. The van der Waals surface area contributed by atoms with Gasteiger partial charge >= 0.3 is 0 Å². The van der Waals surface area contributed by atoms with E-state index in [4.69, 9.17) is 4.74 Å². The second-order valence-corrected chi connectivity index (χ2v) is 4.87. The zero-order valence-corrected chi connectivity index (χ0v) is 12.3. The smallest absolute Gasteiger partial charge is 0.251 e. The van der Waals surface area contributed by atoms with Crippen molar-refractivity contribution in [3.63, 3.8) is 0 Å². The second kappa shape index (κ2) is 8.24. The van der Waals surface area contributed by atoms with Crippen molar-refractivity contribution >= 4 is 21.8 Å². The van der Waals surface area contributed by atoms with Crippen molar-refractivity contribution in [2.75, 3.05) is 33.4 Å². The fraction of sp³-hybridized carbons (Fsp3) is 0.462. The van der Waals surface area contributed by atoms with Crippen LogP contribution in [0.1, 0.15) is 15.9 Å². The van der Waals surface area contributed by atoms with Crippen molar-refractivity contribution in [3.8, 4) is 0 Å². The van der Waals surface area contributed by atoms with E-state index in [1.807, 2.05) is 25.1 Å². The van der Waals surface area contributed by atoms with Gasteiger partial charge in [0.15, 0.2) is 0 Å². The molecule has 0 heterocycles. The highest BCUT2D eigenvalue weighted by Gasteiger charge is 2.08. The maximum atomic E-state index is 11.9. The molecule has 18 heavy (non-hydrogen) atoms. The van der Waals surface area contributed by atoms with Crippen LogP contribution in [0.15, 0.2) is 22.7 Å². The molecule has 0 aliphatic rings. The van der Waals surface area contributed by atoms with E-state index in [2.05, 4.69) is 26.6 Å². The normalized spacial score (nSPS) is 10.4. The summed E-state index contributed by atoms with van der Waals surface area (Å²) in [5.41, 5.74) is 1.68. The Balaban J connectivity index is 2.34. The SMILES string of the molecule is COCCNCCNC(=O)c1cc(Br)ccc1C. The lowest BCUT2D eigenvalue weighted by Gasteiger charge is -2.09. The van der Waals surface area contributed by atoms with Gasteiger partial charge in [0.25, 0.3) is 5.91 Å². The van der Waals surface area contributed by atoms with E-state index in [1.165, 1.54) is 0 Å². The molecule has 1 rings (SSSR count). The van der Waals surface area contributed by atoms with E-state index in [-0.39, 0.29) is 5.91 Å². The number of hydrogen-bond donors (Lipinski definition) is 2. The third-order valence-electron chi connectivity index (χ3n) is 2.51. The molecular formula is C13H19BrN2O2. The van der Waals surface area contributed by atoms with Gasteiger partial charge in [0, 0.05) is 36.8 Å². The van der Waals surface area contributed by atoms with Crippen molar-refractivity contribution in [3.05, 3.63) is 33.8 Å². The monoisotopic (exact) mass is 314 g/mol. The van der Waals surface area contributed by atoms with Gasteiger partial charge in [-0.3, -0.25) is 4.79 Å². The van der Waals surface area contributed by atoms with E-state index in [0.29, 0.717) is 18.7 Å². The second-order valence-electron chi connectivity index (χ2n) is 3.96. The number of benzene rings is 1. The van der Waals surface area contributed by atoms with Crippen LogP contribution in [0, 0.1) is 6.92 Å². The largest absolute Gasteiger partial charge is 0.383 e. The standard InChI is InChI=1S/C13H19BrN2O2/c1-10-3-4-11(14)9-12(10)13(17)16-6-5-15-7-8-18-2/h3-4,9,15H,5-8H2,1-2H3,(H,16,17). The zero-order chi connectivity index (χ0) is 13.4. The first-order valence-electron chi connectivity index (χ1n) is 5.89. The number of amides is 1. The van der Waals surface area contributed by atoms with Crippen LogP contribution in [0.2, 0.25) is 0 Å². The first kappa shape index (κ1) is 15.1. The van der Waals surface area contributed by atoms with Crippen LogP contribution in [-0.2, 0) is 4.74 Å². The molecule has 0 atom stereocenters. The molecule has 100 valence electrons. The summed E-state index contributed by atoms with van der Waals surface area (Å²) in [4.78, 5) is 11.9. The van der Waals surface area contributed by atoms with Gasteiger partial charge in [0.1, 0.15) is 0 Å². The predicted molar refractivity (Wildman–Crippen MR) is 76.0 cm³/mol. The summed E-state index contributed by atoms with van der Waals surface area (Å²) in [5, 5.41) is 6.05. The van der Waals surface area contributed by atoms with Crippen LogP contribution in [0.25, 0.3) is 0 Å². The first-order chi connectivity index (χ1) is 8.65. The maximum absolute atomic E-state index is 11.9. The van der Waals surface area contributed by atoms with Gasteiger partial charge in [-0.15, -0.1) is 0 Å². The molecule has 1 amide bonds. The highest BCUT2D eigenvalue weighted by atomic mass is 79.9. The van der Waals surface area contributed by atoms with Crippen LogP contribution >= 0.6 is 15.9 Å². The Morgan fingerprint density at radius 3 is 2.83 bits per heavy atom. The minimum atomic E-state index is -0.0395. The lowest BCUT2D eigenvalue weighted by atomic mass is 10.1. The van der Waals surface area contributed by atoms with E-state index in [9.17, 15) is 4.79 Å². The molecule has 0 aromatic heterocycles. The fourth-order valence-corrected chi connectivity index (χ4v) is 1.86. The van der Waals surface area contributed by atoms with E-state index >= 15 is 0 Å². The van der Waals surface area contributed by atoms with E-state index in [0.717, 1.165) is 23.1 Å². The van der Waals surface area contributed by atoms with Crippen LogP contribution in [0.3, 0.4) is 0 Å². The summed E-state index contributed by atoms with van der Waals surface area (Å²) in [6.45, 7) is 4.75. The predicted octanol–water partition coefficient (Wildman–Crippen LogP) is 1.72. The van der Waals surface area contributed by atoms with Crippen LogP contribution < -0.4 is 10.6 Å². The molecule has 0 radical (unpaired) electrons. The summed E-state index contributed by atoms with van der Waals surface area (Å²) in [6.07, 6.45) is 0. The number of carbonyl (C=O) groups excluding carboxylic acids is 1. The van der Waals surface area contributed by atoms with Crippen LogP contribution in [-0.4, -0.2) is 39.3 Å². The number of methoxy groups -OCH3 is 1. The Labute approximate surface area is 116 Å². The number of nitrogens with one attached hydrogen (secondary N) is 2. The Morgan fingerprint density at radius 2 is 2.11 bits per heavy atom. The molecule has 1 aromatic carbocycles. The van der Waals surface area contributed by atoms with Gasteiger partial charge in [0.2, 0.25) is 0 Å². The number of hydrogen-bond acceptors (Lipinski definition) is 3. The summed E-state index contributed by atoms with van der Waals surface area (Å²) in [5.74, 6) is -0.0395. The quantitative estimate of drug-likeness (QED) is 0.754. The molecule has 0 fully saturated rings. The summed E-state index contributed by atoms with van der Waals surface area (Å²) >= 11 is 3.37. The highest BCUT2D eigenvalue weighted by Crippen LogP contribution is 2.15. The topological polar surface area (TPSA) is 50.4 Å². The molecule has 0 saturated heterocycles. The molecule has 2 N–H and O–H groups in total. The Morgan fingerprint density at radius 1 is 1.33 bits per heavy atom. The lowest BCUT2D eigenvalue weighted by molar-refractivity contribution is 0.0953. The number of carbonyl (C=O) groups is 1. The van der Waals surface area contributed by atoms with Crippen molar-refractivity contribution in [1.82, 2.24) is 10.6 Å². The number of halogens is 1. The fourth-order valence-electron chi connectivity index (χ4n) is 1.50. The number of aryl methyl sites for hydroxylation is 1. The minimum Gasteiger partial charge on any atom is -0.383 e. The van der Waals surface area contributed by atoms with Crippen LogP contribution in [0.5, 0.6) is 0 Å². The number of ether oxygens (including phenoxy) is 1. The highest BCUT2D eigenvalue weighted by molar-refractivity contribution is 9.10. The Bertz CT molecular complexity index is 397. The molecule has 0 bridgehead atoms. The molecule has 5 heteroatoms. The number of rotatable bonds is 7. The van der Waals surface area contributed by atoms with Gasteiger partial charge in [-0.1, -0.05) is 22.0 Å². The molecule has 4 nitrogen and oxygen atoms in total. The maximum Gasteiger partial charge on any atom is 0.251 e. The first-order valence-corrected chi connectivity index (χ1v) is 6.68. The van der Waals surface area contributed by atoms with Crippen LogP contribution in [0.4, 0.5) is 0 Å². The molecule has 1 aromatic rings. The lowest BCUT2D eigenvalue weighted by Crippen LogP contribution is -2.33. The van der Waals surface area contributed by atoms with Gasteiger partial charge in [-0.2, -0.15) is 0 Å². The Hall–Kier alpha value is -0.910. The van der Waals surface area contributed by atoms with E-state index < -0.39 is 0 Å². The molecule has 0 aliphatic heterocycles.